The molecule has 0 aromatic heterocycles. The Morgan fingerprint density at radius 1 is 1.08 bits per heavy atom. The first-order valence-electron chi connectivity index (χ1n) is 8.24. The molecule has 0 radical (unpaired) electrons. The Hall–Kier alpha value is -2.69. The molecule has 2 aromatic carbocycles. The molecule has 0 atom stereocenters. The van der Waals surface area contributed by atoms with Crippen molar-refractivity contribution in [2.24, 2.45) is 0 Å². The molecule has 0 saturated carbocycles. The third-order valence-corrected chi connectivity index (χ3v) is 4.21. The second-order valence-corrected chi connectivity index (χ2v) is 6.04. The van der Waals surface area contributed by atoms with Crippen molar-refractivity contribution in [1.82, 2.24) is 5.32 Å². The SMILES string of the molecule is CC(=O)N(CCC(=O)NCc1ccc(F)cc1)c1cccc(C)c1C. The van der Waals surface area contributed by atoms with E-state index in [0.29, 0.717) is 13.1 Å². The van der Waals surface area contributed by atoms with Gasteiger partial charge in [0.1, 0.15) is 5.82 Å². The van der Waals surface area contributed by atoms with E-state index in [1.807, 2.05) is 32.0 Å². The molecule has 2 aromatic rings. The molecule has 0 fully saturated rings. The van der Waals surface area contributed by atoms with Gasteiger partial charge in [0.25, 0.3) is 0 Å². The molecule has 0 bridgehead atoms. The van der Waals surface area contributed by atoms with Crippen molar-refractivity contribution in [3.8, 4) is 0 Å². The van der Waals surface area contributed by atoms with Crippen molar-refractivity contribution in [2.75, 3.05) is 11.4 Å². The van der Waals surface area contributed by atoms with Gasteiger partial charge in [-0.3, -0.25) is 9.59 Å². The minimum absolute atomic E-state index is 0.0972. The molecule has 5 heteroatoms. The van der Waals surface area contributed by atoms with Crippen LogP contribution in [0, 0.1) is 19.7 Å². The van der Waals surface area contributed by atoms with E-state index < -0.39 is 0 Å². The highest BCUT2D eigenvalue weighted by Gasteiger charge is 2.16. The van der Waals surface area contributed by atoms with Crippen LogP contribution in [0.25, 0.3) is 0 Å². The first kappa shape index (κ1) is 18.6. The van der Waals surface area contributed by atoms with Crippen molar-refractivity contribution in [3.05, 3.63) is 65.0 Å². The van der Waals surface area contributed by atoms with Gasteiger partial charge in [-0.15, -0.1) is 0 Å². The van der Waals surface area contributed by atoms with Crippen LogP contribution in [-0.2, 0) is 16.1 Å². The van der Waals surface area contributed by atoms with Gasteiger partial charge in [0, 0.05) is 32.1 Å². The van der Waals surface area contributed by atoms with Gasteiger partial charge in [0.05, 0.1) is 0 Å². The van der Waals surface area contributed by atoms with Crippen LogP contribution in [0.4, 0.5) is 10.1 Å². The largest absolute Gasteiger partial charge is 0.352 e. The van der Waals surface area contributed by atoms with Crippen molar-refractivity contribution in [3.63, 3.8) is 0 Å². The van der Waals surface area contributed by atoms with E-state index in [0.717, 1.165) is 22.4 Å². The Bertz CT molecular complexity index is 757. The van der Waals surface area contributed by atoms with Crippen molar-refractivity contribution in [1.29, 1.82) is 0 Å². The molecule has 0 spiro atoms. The van der Waals surface area contributed by atoms with Gasteiger partial charge in [-0.05, 0) is 48.7 Å². The van der Waals surface area contributed by atoms with Crippen molar-refractivity contribution in [2.45, 2.75) is 33.7 Å². The van der Waals surface area contributed by atoms with Crippen LogP contribution in [0.1, 0.15) is 30.0 Å². The molecule has 25 heavy (non-hydrogen) atoms. The molecule has 0 aliphatic heterocycles. The average molecular weight is 342 g/mol. The summed E-state index contributed by atoms with van der Waals surface area (Å²) in [5, 5.41) is 2.79. The standard InChI is InChI=1S/C20H23FN2O2/c1-14-5-4-6-19(15(14)2)23(16(3)24)12-11-20(25)22-13-17-7-9-18(21)10-8-17/h4-10H,11-13H2,1-3H3,(H,22,25). The van der Waals surface area contributed by atoms with Crippen LogP contribution in [-0.4, -0.2) is 18.4 Å². The number of nitrogens with one attached hydrogen (secondary N) is 1. The van der Waals surface area contributed by atoms with E-state index in [4.69, 9.17) is 0 Å². The van der Waals surface area contributed by atoms with Crippen LogP contribution in [0.2, 0.25) is 0 Å². The zero-order chi connectivity index (χ0) is 18.4. The number of anilines is 1. The molecule has 2 rings (SSSR count). The number of nitrogens with zero attached hydrogens (tertiary/aromatic N) is 1. The fraction of sp³-hybridized carbons (Fsp3) is 0.300. The second-order valence-electron chi connectivity index (χ2n) is 6.04. The summed E-state index contributed by atoms with van der Waals surface area (Å²) < 4.78 is 12.9. The summed E-state index contributed by atoms with van der Waals surface area (Å²) in [6, 6.07) is 11.8. The van der Waals surface area contributed by atoms with Gasteiger partial charge in [0.15, 0.2) is 0 Å². The van der Waals surface area contributed by atoms with Gasteiger partial charge in [-0.1, -0.05) is 24.3 Å². The number of hydrogen-bond acceptors (Lipinski definition) is 2. The predicted molar refractivity (Wildman–Crippen MR) is 96.8 cm³/mol. The first-order chi connectivity index (χ1) is 11.9. The van der Waals surface area contributed by atoms with Crippen molar-refractivity contribution < 1.29 is 14.0 Å². The summed E-state index contributed by atoms with van der Waals surface area (Å²) in [7, 11) is 0. The Morgan fingerprint density at radius 2 is 1.76 bits per heavy atom. The normalized spacial score (nSPS) is 10.4. The number of halogens is 1. The molecule has 1 N–H and O–H groups in total. The zero-order valence-electron chi connectivity index (χ0n) is 14.8. The number of rotatable bonds is 6. The van der Waals surface area contributed by atoms with Gasteiger partial charge >= 0.3 is 0 Å². The highest BCUT2D eigenvalue weighted by Crippen LogP contribution is 2.23. The van der Waals surface area contributed by atoms with Crippen LogP contribution in [0.5, 0.6) is 0 Å². The lowest BCUT2D eigenvalue weighted by atomic mass is 10.1. The Kier molecular flexibility index (Phi) is 6.28. The van der Waals surface area contributed by atoms with Gasteiger partial charge in [0.2, 0.25) is 11.8 Å². The lowest BCUT2D eigenvalue weighted by Crippen LogP contribution is -2.34. The third-order valence-electron chi connectivity index (χ3n) is 4.21. The van der Waals surface area contributed by atoms with Gasteiger partial charge in [-0.25, -0.2) is 4.39 Å². The van der Waals surface area contributed by atoms with E-state index in [9.17, 15) is 14.0 Å². The maximum absolute atomic E-state index is 12.9. The van der Waals surface area contributed by atoms with E-state index in [2.05, 4.69) is 5.32 Å². The molecular weight excluding hydrogens is 319 g/mol. The average Bonchev–Trinajstić information content (AvgIpc) is 2.58. The zero-order valence-corrected chi connectivity index (χ0v) is 14.8. The summed E-state index contributed by atoms with van der Waals surface area (Å²) in [6.45, 7) is 6.11. The summed E-state index contributed by atoms with van der Waals surface area (Å²) >= 11 is 0. The number of carbonyl (C=O) groups is 2. The highest BCUT2D eigenvalue weighted by atomic mass is 19.1. The molecular formula is C20H23FN2O2. The lowest BCUT2D eigenvalue weighted by Gasteiger charge is -2.23. The van der Waals surface area contributed by atoms with E-state index in [1.165, 1.54) is 19.1 Å². The maximum Gasteiger partial charge on any atom is 0.223 e. The number of carbonyl (C=O) groups excluding carboxylic acids is 2. The number of benzene rings is 2. The van der Waals surface area contributed by atoms with Crippen LogP contribution < -0.4 is 10.2 Å². The van der Waals surface area contributed by atoms with Crippen LogP contribution in [0.15, 0.2) is 42.5 Å². The highest BCUT2D eigenvalue weighted by molar-refractivity contribution is 5.93. The lowest BCUT2D eigenvalue weighted by molar-refractivity contribution is -0.121. The van der Waals surface area contributed by atoms with E-state index >= 15 is 0 Å². The quantitative estimate of drug-likeness (QED) is 0.873. The minimum atomic E-state index is -0.305. The molecule has 4 nitrogen and oxygen atoms in total. The summed E-state index contributed by atoms with van der Waals surface area (Å²) in [6.07, 6.45) is 0.203. The molecule has 0 saturated heterocycles. The number of hydrogen-bond donors (Lipinski definition) is 1. The molecule has 0 heterocycles. The molecule has 2 amide bonds. The Morgan fingerprint density at radius 3 is 2.40 bits per heavy atom. The fourth-order valence-corrected chi connectivity index (χ4v) is 2.58. The summed E-state index contributed by atoms with van der Waals surface area (Å²) in [4.78, 5) is 25.7. The third kappa shape index (κ3) is 5.14. The Labute approximate surface area is 147 Å². The summed E-state index contributed by atoms with van der Waals surface area (Å²) in [5.41, 5.74) is 3.79. The maximum atomic E-state index is 12.9. The topological polar surface area (TPSA) is 49.4 Å². The number of amides is 2. The molecule has 0 unspecified atom stereocenters. The molecule has 0 aliphatic rings. The monoisotopic (exact) mass is 342 g/mol. The molecule has 0 aliphatic carbocycles. The van der Waals surface area contributed by atoms with Gasteiger partial charge < -0.3 is 10.2 Å². The first-order valence-corrected chi connectivity index (χ1v) is 8.24. The second kappa shape index (κ2) is 8.42. The molecule has 132 valence electrons. The van der Waals surface area contributed by atoms with Crippen LogP contribution in [0.3, 0.4) is 0 Å². The van der Waals surface area contributed by atoms with E-state index in [-0.39, 0.29) is 24.1 Å². The predicted octanol–water partition coefficient (Wildman–Crippen LogP) is 3.50. The smallest absolute Gasteiger partial charge is 0.223 e. The fourth-order valence-electron chi connectivity index (χ4n) is 2.58. The Balaban J connectivity index is 1.94. The van der Waals surface area contributed by atoms with Crippen LogP contribution >= 0.6 is 0 Å². The minimum Gasteiger partial charge on any atom is -0.352 e. The number of aryl methyl sites for hydroxylation is 1. The van der Waals surface area contributed by atoms with Gasteiger partial charge in [-0.2, -0.15) is 0 Å². The van der Waals surface area contributed by atoms with Crippen molar-refractivity contribution >= 4 is 17.5 Å². The van der Waals surface area contributed by atoms with E-state index in [1.54, 1.807) is 17.0 Å². The summed E-state index contributed by atoms with van der Waals surface area (Å²) in [5.74, 6) is -0.554.